The fourth-order valence-corrected chi connectivity index (χ4v) is 3.58. The predicted octanol–water partition coefficient (Wildman–Crippen LogP) is 4.09. The second-order valence-corrected chi connectivity index (χ2v) is 7.07. The standard InChI is InChI=1S/C13H9BrClNO2S/c14-12-4-2-9(19-12)6-16-10-5-8(15)1-3-11(10)18-7-13(16)17/h1-5H,6-7H2. The van der Waals surface area contributed by atoms with E-state index in [9.17, 15) is 4.79 Å². The highest BCUT2D eigenvalue weighted by Crippen LogP contribution is 2.36. The molecule has 0 unspecified atom stereocenters. The van der Waals surface area contributed by atoms with Crippen molar-refractivity contribution in [2.45, 2.75) is 6.54 Å². The van der Waals surface area contributed by atoms with Crippen molar-refractivity contribution in [1.29, 1.82) is 0 Å². The Bertz CT molecular complexity index is 643. The number of nitrogens with zero attached hydrogens (tertiary/aromatic N) is 1. The number of benzene rings is 1. The molecule has 2 aromatic rings. The quantitative estimate of drug-likeness (QED) is 0.809. The van der Waals surface area contributed by atoms with Crippen molar-refractivity contribution in [3.8, 4) is 5.75 Å². The fraction of sp³-hybridized carbons (Fsp3) is 0.154. The number of hydrogen-bond acceptors (Lipinski definition) is 3. The lowest BCUT2D eigenvalue weighted by molar-refractivity contribution is -0.121. The number of amides is 1. The SMILES string of the molecule is O=C1COc2ccc(Cl)cc2N1Cc1ccc(Br)s1. The summed E-state index contributed by atoms with van der Waals surface area (Å²) in [5.74, 6) is 0.638. The highest BCUT2D eigenvalue weighted by molar-refractivity contribution is 9.11. The van der Waals surface area contributed by atoms with Gasteiger partial charge in [0.25, 0.3) is 5.91 Å². The van der Waals surface area contributed by atoms with E-state index in [0.29, 0.717) is 17.3 Å². The number of carbonyl (C=O) groups excluding carboxylic acids is 1. The van der Waals surface area contributed by atoms with Crippen LogP contribution in [0.3, 0.4) is 0 Å². The Morgan fingerprint density at radius 1 is 1.37 bits per heavy atom. The van der Waals surface area contributed by atoms with Gasteiger partial charge in [-0.15, -0.1) is 11.3 Å². The molecule has 0 radical (unpaired) electrons. The van der Waals surface area contributed by atoms with Crippen LogP contribution in [0.25, 0.3) is 0 Å². The maximum absolute atomic E-state index is 12.0. The molecule has 0 bridgehead atoms. The zero-order valence-corrected chi connectivity index (χ0v) is 12.9. The topological polar surface area (TPSA) is 29.5 Å². The van der Waals surface area contributed by atoms with Gasteiger partial charge >= 0.3 is 0 Å². The van der Waals surface area contributed by atoms with Crippen LogP contribution in [0.5, 0.6) is 5.75 Å². The lowest BCUT2D eigenvalue weighted by Gasteiger charge is -2.29. The molecule has 0 saturated heterocycles. The summed E-state index contributed by atoms with van der Waals surface area (Å²) in [5, 5.41) is 0.592. The summed E-state index contributed by atoms with van der Waals surface area (Å²) in [6, 6.07) is 9.29. The first-order valence-electron chi connectivity index (χ1n) is 5.60. The number of halogens is 2. The largest absolute Gasteiger partial charge is 0.482 e. The zero-order chi connectivity index (χ0) is 13.4. The van der Waals surface area contributed by atoms with Gasteiger partial charge in [-0.05, 0) is 46.3 Å². The van der Waals surface area contributed by atoms with E-state index in [2.05, 4.69) is 15.9 Å². The van der Waals surface area contributed by atoms with Crippen LogP contribution < -0.4 is 9.64 Å². The third kappa shape index (κ3) is 2.63. The number of ether oxygens (including phenoxy) is 1. The molecular formula is C13H9BrClNO2S. The van der Waals surface area contributed by atoms with Crippen LogP contribution in [0.15, 0.2) is 34.1 Å². The second-order valence-electron chi connectivity index (χ2n) is 4.09. The first-order chi connectivity index (χ1) is 9.13. The first kappa shape index (κ1) is 13.0. The number of carbonyl (C=O) groups is 1. The zero-order valence-electron chi connectivity index (χ0n) is 9.73. The van der Waals surface area contributed by atoms with E-state index >= 15 is 0 Å². The molecule has 6 heteroatoms. The van der Waals surface area contributed by atoms with Crippen molar-refractivity contribution in [2.75, 3.05) is 11.5 Å². The molecule has 0 saturated carbocycles. The highest BCUT2D eigenvalue weighted by Gasteiger charge is 2.26. The smallest absolute Gasteiger partial charge is 0.265 e. The molecule has 19 heavy (non-hydrogen) atoms. The summed E-state index contributed by atoms with van der Waals surface area (Å²) in [5.41, 5.74) is 0.730. The van der Waals surface area contributed by atoms with Gasteiger partial charge in [-0.2, -0.15) is 0 Å². The Hall–Kier alpha value is -1.04. The molecule has 0 spiro atoms. The van der Waals surface area contributed by atoms with Crippen molar-refractivity contribution in [3.05, 3.63) is 44.0 Å². The minimum absolute atomic E-state index is 0.0562. The fourth-order valence-electron chi connectivity index (χ4n) is 1.94. The van der Waals surface area contributed by atoms with Gasteiger partial charge in [-0.3, -0.25) is 4.79 Å². The monoisotopic (exact) mass is 357 g/mol. The van der Waals surface area contributed by atoms with E-state index in [1.165, 1.54) is 0 Å². The molecule has 1 amide bonds. The lowest BCUT2D eigenvalue weighted by Crippen LogP contribution is -2.38. The summed E-state index contributed by atoms with van der Waals surface area (Å²) in [7, 11) is 0. The number of hydrogen-bond donors (Lipinski definition) is 0. The normalized spacial score (nSPS) is 14.2. The Labute approximate surface area is 127 Å². The van der Waals surface area contributed by atoms with Crippen LogP contribution in [-0.4, -0.2) is 12.5 Å². The van der Waals surface area contributed by atoms with Gasteiger partial charge in [-0.25, -0.2) is 0 Å². The molecule has 0 aliphatic carbocycles. The molecule has 3 nitrogen and oxygen atoms in total. The van der Waals surface area contributed by atoms with E-state index in [1.54, 1.807) is 34.4 Å². The van der Waals surface area contributed by atoms with E-state index in [0.717, 1.165) is 14.4 Å². The Balaban J connectivity index is 1.96. The molecule has 1 aliphatic rings. The van der Waals surface area contributed by atoms with Crippen molar-refractivity contribution < 1.29 is 9.53 Å². The molecule has 0 N–H and O–H groups in total. The Kier molecular flexibility index (Phi) is 3.52. The maximum atomic E-state index is 12.0. The van der Waals surface area contributed by atoms with Crippen LogP contribution in [0.1, 0.15) is 4.88 Å². The third-order valence-corrected chi connectivity index (χ3v) is 4.65. The van der Waals surface area contributed by atoms with E-state index in [-0.39, 0.29) is 12.5 Å². The van der Waals surface area contributed by atoms with Gasteiger partial charge in [0.15, 0.2) is 6.61 Å². The summed E-state index contributed by atoms with van der Waals surface area (Å²) < 4.78 is 6.46. The summed E-state index contributed by atoms with van der Waals surface area (Å²) in [6.45, 7) is 0.604. The van der Waals surface area contributed by atoms with Crippen molar-refractivity contribution in [1.82, 2.24) is 0 Å². The molecule has 2 heterocycles. The number of anilines is 1. The van der Waals surface area contributed by atoms with Crippen molar-refractivity contribution in [2.24, 2.45) is 0 Å². The molecule has 1 aromatic carbocycles. The Morgan fingerprint density at radius 2 is 2.21 bits per heavy atom. The van der Waals surface area contributed by atoms with E-state index in [1.807, 2.05) is 12.1 Å². The number of fused-ring (bicyclic) bond motifs is 1. The van der Waals surface area contributed by atoms with Gasteiger partial charge in [0.1, 0.15) is 5.75 Å². The van der Waals surface area contributed by atoms with Crippen molar-refractivity contribution in [3.63, 3.8) is 0 Å². The van der Waals surface area contributed by atoms with Crippen LogP contribution >= 0.6 is 38.9 Å². The van der Waals surface area contributed by atoms with Crippen LogP contribution in [0.2, 0.25) is 5.02 Å². The van der Waals surface area contributed by atoms with Gasteiger partial charge in [0, 0.05) is 9.90 Å². The van der Waals surface area contributed by atoms with Gasteiger partial charge in [0.2, 0.25) is 0 Å². The van der Waals surface area contributed by atoms with Crippen LogP contribution in [-0.2, 0) is 11.3 Å². The number of thiophene rings is 1. The second kappa shape index (κ2) is 5.15. The average molecular weight is 359 g/mol. The maximum Gasteiger partial charge on any atom is 0.265 e. The molecule has 98 valence electrons. The molecule has 1 aromatic heterocycles. The van der Waals surface area contributed by atoms with Crippen LogP contribution in [0.4, 0.5) is 5.69 Å². The minimum atomic E-state index is -0.0562. The molecule has 1 aliphatic heterocycles. The minimum Gasteiger partial charge on any atom is -0.482 e. The van der Waals surface area contributed by atoms with E-state index in [4.69, 9.17) is 16.3 Å². The Morgan fingerprint density at radius 3 is 2.95 bits per heavy atom. The third-order valence-electron chi connectivity index (χ3n) is 2.81. The summed E-state index contributed by atoms with van der Waals surface area (Å²) >= 11 is 11.0. The summed E-state index contributed by atoms with van der Waals surface area (Å²) in [4.78, 5) is 14.8. The number of rotatable bonds is 2. The van der Waals surface area contributed by atoms with Gasteiger partial charge in [-0.1, -0.05) is 11.6 Å². The molecular weight excluding hydrogens is 350 g/mol. The lowest BCUT2D eigenvalue weighted by atomic mass is 10.2. The molecule has 0 fully saturated rings. The average Bonchev–Trinajstić information content (AvgIpc) is 2.79. The highest BCUT2D eigenvalue weighted by atomic mass is 79.9. The molecule has 0 atom stereocenters. The molecule has 3 rings (SSSR count). The van der Waals surface area contributed by atoms with Gasteiger partial charge in [0.05, 0.1) is 16.0 Å². The first-order valence-corrected chi connectivity index (χ1v) is 7.59. The van der Waals surface area contributed by atoms with E-state index < -0.39 is 0 Å². The predicted molar refractivity (Wildman–Crippen MR) is 80.2 cm³/mol. The van der Waals surface area contributed by atoms with Crippen molar-refractivity contribution >= 4 is 50.5 Å². The van der Waals surface area contributed by atoms with Crippen LogP contribution in [0, 0.1) is 0 Å². The summed E-state index contributed by atoms with van der Waals surface area (Å²) in [6.07, 6.45) is 0. The van der Waals surface area contributed by atoms with Gasteiger partial charge < -0.3 is 9.64 Å².